The second-order valence-electron chi connectivity index (χ2n) is 5.51. The standard InChI is InChI=1S/C15H20BrN3O/c1-10-7-11(4-5-13(10)16)14-8-18-15(17)19(14)9-12-3-2-6-20-12/h4-5,7,12,14H,2-3,6,8-9H2,1H3,(H2,17,18). The third kappa shape index (κ3) is 2.69. The van der Waals surface area contributed by atoms with Crippen LogP contribution in [0.25, 0.3) is 0 Å². The molecule has 0 aromatic heterocycles. The molecular formula is C15H20BrN3O. The van der Waals surface area contributed by atoms with E-state index in [2.05, 4.69) is 50.9 Å². The van der Waals surface area contributed by atoms with E-state index in [1.165, 1.54) is 11.1 Å². The van der Waals surface area contributed by atoms with Crippen molar-refractivity contribution in [1.29, 1.82) is 0 Å². The summed E-state index contributed by atoms with van der Waals surface area (Å²) in [5, 5.41) is 0. The molecule has 5 heteroatoms. The molecular weight excluding hydrogens is 318 g/mol. The minimum atomic E-state index is 0.242. The summed E-state index contributed by atoms with van der Waals surface area (Å²) in [7, 11) is 0. The lowest BCUT2D eigenvalue weighted by atomic mass is 10.0. The molecule has 1 aromatic rings. The van der Waals surface area contributed by atoms with Crippen molar-refractivity contribution in [3.05, 3.63) is 33.8 Å². The van der Waals surface area contributed by atoms with E-state index in [-0.39, 0.29) is 6.04 Å². The number of aryl methyl sites for hydroxylation is 1. The van der Waals surface area contributed by atoms with Gasteiger partial charge in [-0.1, -0.05) is 28.1 Å². The highest BCUT2D eigenvalue weighted by Crippen LogP contribution is 2.29. The predicted molar refractivity (Wildman–Crippen MR) is 83.8 cm³/mol. The zero-order valence-electron chi connectivity index (χ0n) is 11.7. The molecule has 2 N–H and O–H groups in total. The van der Waals surface area contributed by atoms with Crippen LogP contribution < -0.4 is 5.73 Å². The van der Waals surface area contributed by atoms with Crippen molar-refractivity contribution in [3.8, 4) is 0 Å². The smallest absolute Gasteiger partial charge is 0.192 e. The lowest BCUT2D eigenvalue weighted by molar-refractivity contribution is 0.0853. The van der Waals surface area contributed by atoms with E-state index in [1.807, 2.05) is 0 Å². The molecule has 20 heavy (non-hydrogen) atoms. The summed E-state index contributed by atoms with van der Waals surface area (Å²) >= 11 is 3.55. The molecule has 4 nitrogen and oxygen atoms in total. The minimum absolute atomic E-state index is 0.242. The number of hydrogen-bond acceptors (Lipinski definition) is 4. The fraction of sp³-hybridized carbons (Fsp3) is 0.533. The monoisotopic (exact) mass is 337 g/mol. The molecule has 0 spiro atoms. The number of guanidine groups is 1. The quantitative estimate of drug-likeness (QED) is 0.922. The number of ether oxygens (including phenoxy) is 1. The first-order chi connectivity index (χ1) is 9.65. The Morgan fingerprint density at radius 3 is 3.05 bits per heavy atom. The lowest BCUT2D eigenvalue weighted by Crippen LogP contribution is -2.41. The number of halogens is 1. The van der Waals surface area contributed by atoms with Crippen molar-refractivity contribution >= 4 is 21.9 Å². The molecule has 1 fully saturated rings. The fourth-order valence-electron chi connectivity index (χ4n) is 2.92. The van der Waals surface area contributed by atoms with Crippen LogP contribution in [0.3, 0.4) is 0 Å². The van der Waals surface area contributed by atoms with Gasteiger partial charge in [-0.3, -0.25) is 4.99 Å². The van der Waals surface area contributed by atoms with Gasteiger partial charge in [0.1, 0.15) is 0 Å². The fourth-order valence-corrected chi connectivity index (χ4v) is 3.16. The average Bonchev–Trinajstić information content (AvgIpc) is 3.05. The van der Waals surface area contributed by atoms with Crippen LogP contribution in [0.4, 0.5) is 0 Å². The van der Waals surface area contributed by atoms with E-state index in [9.17, 15) is 0 Å². The summed E-state index contributed by atoms with van der Waals surface area (Å²) in [6, 6.07) is 6.71. The Kier molecular flexibility index (Phi) is 3.98. The maximum Gasteiger partial charge on any atom is 0.192 e. The summed E-state index contributed by atoms with van der Waals surface area (Å²) in [6.45, 7) is 4.56. The number of hydrogen-bond donors (Lipinski definition) is 1. The molecule has 3 rings (SSSR count). The van der Waals surface area contributed by atoms with Crippen molar-refractivity contribution in [1.82, 2.24) is 4.90 Å². The Labute approximate surface area is 128 Å². The second-order valence-corrected chi connectivity index (χ2v) is 6.37. The molecule has 2 atom stereocenters. The third-order valence-corrected chi connectivity index (χ3v) is 4.98. The van der Waals surface area contributed by atoms with E-state index in [1.54, 1.807) is 0 Å². The zero-order valence-corrected chi connectivity index (χ0v) is 13.3. The summed E-state index contributed by atoms with van der Waals surface area (Å²) in [5.41, 5.74) is 8.58. The molecule has 0 aliphatic carbocycles. The summed E-state index contributed by atoms with van der Waals surface area (Å²) < 4.78 is 6.87. The summed E-state index contributed by atoms with van der Waals surface area (Å²) in [5.74, 6) is 0.645. The van der Waals surface area contributed by atoms with Crippen LogP contribution in [-0.2, 0) is 4.74 Å². The van der Waals surface area contributed by atoms with Gasteiger partial charge in [-0.25, -0.2) is 0 Å². The molecule has 2 aliphatic rings. The first kappa shape index (κ1) is 13.9. The van der Waals surface area contributed by atoms with Gasteiger partial charge >= 0.3 is 0 Å². The van der Waals surface area contributed by atoms with Crippen LogP contribution in [0.5, 0.6) is 0 Å². The number of nitrogens with two attached hydrogens (primary N) is 1. The molecule has 2 aliphatic heterocycles. The van der Waals surface area contributed by atoms with Crippen LogP contribution in [0, 0.1) is 6.92 Å². The van der Waals surface area contributed by atoms with Crippen LogP contribution >= 0.6 is 15.9 Å². The normalized spacial score (nSPS) is 26.1. The maximum absolute atomic E-state index is 6.06. The summed E-state index contributed by atoms with van der Waals surface area (Å²) in [4.78, 5) is 6.62. The van der Waals surface area contributed by atoms with E-state index >= 15 is 0 Å². The highest BCUT2D eigenvalue weighted by molar-refractivity contribution is 9.10. The third-order valence-electron chi connectivity index (χ3n) is 4.09. The van der Waals surface area contributed by atoms with Gasteiger partial charge in [-0.15, -0.1) is 0 Å². The number of benzene rings is 1. The molecule has 1 saturated heterocycles. The Morgan fingerprint density at radius 1 is 1.50 bits per heavy atom. The highest BCUT2D eigenvalue weighted by Gasteiger charge is 2.30. The number of nitrogens with zero attached hydrogens (tertiary/aromatic N) is 2. The largest absolute Gasteiger partial charge is 0.376 e. The van der Waals surface area contributed by atoms with Gasteiger partial charge in [0, 0.05) is 17.6 Å². The lowest BCUT2D eigenvalue weighted by Gasteiger charge is -2.29. The van der Waals surface area contributed by atoms with Gasteiger partial charge in [0.25, 0.3) is 0 Å². The molecule has 2 heterocycles. The van der Waals surface area contributed by atoms with Gasteiger partial charge in [0.15, 0.2) is 5.96 Å². The first-order valence-electron chi connectivity index (χ1n) is 7.09. The highest BCUT2D eigenvalue weighted by atomic mass is 79.9. The van der Waals surface area contributed by atoms with Crippen LogP contribution in [0.1, 0.15) is 30.0 Å². The van der Waals surface area contributed by atoms with E-state index in [0.717, 1.165) is 37.0 Å². The van der Waals surface area contributed by atoms with Crippen molar-refractivity contribution in [2.24, 2.45) is 10.7 Å². The minimum Gasteiger partial charge on any atom is -0.376 e. The van der Waals surface area contributed by atoms with Crippen molar-refractivity contribution in [2.75, 3.05) is 19.7 Å². The molecule has 0 amide bonds. The molecule has 0 bridgehead atoms. The van der Waals surface area contributed by atoms with Crippen molar-refractivity contribution in [2.45, 2.75) is 31.9 Å². The Bertz CT molecular complexity index is 526. The van der Waals surface area contributed by atoms with E-state index < -0.39 is 0 Å². The number of rotatable bonds is 3. The topological polar surface area (TPSA) is 50.8 Å². The zero-order chi connectivity index (χ0) is 14.1. The van der Waals surface area contributed by atoms with Gasteiger partial charge in [-0.2, -0.15) is 0 Å². The molecule has 1 aromatic carbocycles. The van der Waals surface area contributed by atoms with Crippen LogP contribution in [-0.4, -0.2) is 36.7 Å². The molecule has 0 saturated carbocycles. The van der Waals surface area contributed by atoms with Gasteiger partial charge in [-0.05, 0) is 37.0 Å². The van der Waals surface area contributed by atoms with E-state index in [4.69, 9.17) is 10.5 Å². The Morgan fingerprint density at radius 2 is 2.35 bits per heavy atom. The van der Waals surface area contributed by atoms with Gasteiger partial charge in [0.2, 0.25) is 0 Å². The van der Waals surface area contributed by atoms with Crippen molar-refractivity contribution < 1.29 is 4.74 Å². The molecule has 0 radical (unpaired) electrons. The van der Waals surface area contributed by atoms with Gasteiger partial charge < -0.3 is 15.4 Å². The first-order valence-corrected chi connectivity index (χ1v) is 7.88. The Hall–Kier alpha value is -1.07. The van der Waals surface area contributed by atoms with Crippen LogP contribution in [0.2, 0.25) is 0 Å². The summed E-state index contributed by atoms with van der Waals surface area (Å²) in [6.07, 6.45) is 2.56. The molecule has 108 valence electrons. The SMILES string of the molecule is Cc1cc(C2CN=C(N)N2CC2CCCO2)ccc1Br. The van der Waals surface area contributed by atoms with Crippen LogP contribution in [0.15, 0.2) is 27.7 Å². The molecule has 2 unspecified atom stereocenters. The van der Waals surface area contributed by atoms with E-state index in [0.29, 0.717) is 12.1 Å². The predicted octanol–water partition coefficient (Wildman–Crippen LogP) is 2.61. The Balaban J connectivity index is 1.78. The van der Waals surface area contributed by atoms with Crippen molar-refractivity contribution in [3.63, 3.8) is 0 Å². The second kappa shape index (κ2) is 5.74. The average molecular weight is 338 g/mol. The maximum atomic E-state index is 6.06. The van der Waals surface area contributed by atoms with Gasteiger partial charge in [0.05, 0.1) is 18.7 Å². The number of aliphatic imine (C=N–C) groups is 1.